The molecule has 0 bridgehead atoms. The van der Waals surface area contributed by atoms with E-state index in [1.807, 2.05) is 24.3 Å². The summed E-state index contributed by atoms with van der Waals surface area (Å²) >= 11 is 9.03. The van der Waals surface area contributed by atoms with Crippen molar-refractivity contribution in [3.8, 4) is 0 Å². The molecule has 94 valence electrons. The molecule has 0 aliphatic carbocycles. The van der Waals surface area contributed by atoms with E-state index in [4.69, 9.17) is 11.6 Å². The molecule has 2 rings (SSSR count). The molecule has 0 saturated carbocycles. The Hall–Kier alpha value is -1.20. The summed E-state index contributed by atoms with van der Waals surface area (Å²) in [6.45, 7) is 0.539. The lowest BCUT2D eigenvalue weighted by atomic mass is 10.2. The topological polar surface area (TPSA) is 29.0 Å². The molecule has 0 saturated heterocycles. The second kappa shape index (κ2) is 5.63. The summed E-state index contributed by atoms with van der Waals surface area (Å²) in [5.74, 6) is -0.295. The molecular weight excluding hydrogens is 321 g/mol. The first-order chi connectivity index (χ1) is 8.56. The fraction of sp³-hybridized carbons (Fsp3) is 0.167. The predicted octanol–water partition coefficient (Wildman–Crippen LogP) is 3.67. The van der Waals surface area contributed by atoms with Crippen molar-refractivity contribution in [3.05, 3.63) is 51.6 Å². The van der Waals surface area contributed by atoms with Gasteiger partial charge in [0, 0.05) is 18.1 Å². The molecule has 0 N–H and O–H groups in total. The van der Waals surface area contributed by atoms with Crippen LogP contribution in [0.5, 0.6) is 0 Å². The molecule has 2 aromatic rings. The van der Waals surface area contributed by atoms with Gasteiger partial charge in [-0.15, -0.1) is 0 Å². The van der Waals surface area contributed by atoms with E-state index in [1.165, 1.54) is 0 Å². The zero-order valence-electron chi connectivity index (χ0n) is 9.57. The van der Waals surface area contributed by atoms with Gasteiger partial charge in [0.1, 0.15) is 0 Å². The molecule has 0 radical (unpaired) electrons. The average Bonchev–Trinajstić information content (AvgIpc) is 2.35. The Kier molecular flexibility index (Phi) is 4.14. The van der Waals surface area contributed by atoms with Gasteiger partial charge in [-0.2, -0.15) is 4.98 Å². The van der Waals surface area contributed by atoms with Crippen LogP contribution >= 0.6 is 27.5 Å². The summed E-state index contributed by atoms with van der Waals surface area (Å²) in [7, 11) is 1.75. The summed E-state index contributed by atoms with van der Waals surface area (Å²) in [6, 6.07) is 7.79. The smallest absolute Gasteiger partial charge is 0.224 e. The Bertz CT molecular complexity index is 548. The van der Waals surface area contributed by atoms with Crippen molar-refractivity contribution in [1.29, 1.82) is 0 Å². The molecule has 0 aliphatic rings. The van der Waals surface area contributed by atoms with Gasteiger partial charge in [0.25, 0.3) is 0 Å². The third-order valence-electron chi connectivity index (χ3n) is 2.39. The highest BCUT2D eigenvalue weighted by Crippen LogP contribution is 2.19. The Labute approximate surface area is 118 Å². The van der Waals surface area contributed by atoms with E-state index in [9.17, 15) is 4.39 Å². The van der Waals surface area contributed by atoms with Crippen LogP contribution in [0, 0.1) is 5.82 Å². The van der Waals surface area contributed by atoms with Crippen LogP contribution in [0.3, 0.4) is 0 Å². The number of rotatable bonds is 3. The molecule has 18 heavy (non-hydrogen) atoms. The third-order valence-corrected chi connectivity index (χ3v) is 3.10. The number of halogens is 3. The highest BCUT2D eigenvalue weighted by atomic mass is 79.9. The summed E-state index contributed by atoms with van der Waals surface area (Å²) in [6.07, 6.45) is 1.07. The molecular formula is C12H10BrClFN3. The van der Waals surface area contributed by atoms with Gasteiger partial charge in [-0.3, -0.25) is 0 Å². The highest BCUT2D eigenvalue weighted by molar-refractivity contribution is 9.10. The number of hydrogen-bond donors (Lipinski definition) is 0. The van der Waals surface area contributed by atoms with Gasteiger partial charge in [-0.25, -0.2) is 9.37 Å². The van der Waals surface area contributed by atoms with Gasteiger partial charge in [0.05, 0.1) is 6.20 Å². The van der Waals surface area contributed by atoms with Gasteiger partial charge in [0.15, 0.2) is 11.6 Å². The van der Waals surface area contributed by atoms with E-state index in [0.717, 1.165) is 16.2 Å². The van der Waals surface area contributed by atoms with Crippen LogP contribution in [0.2, 0.25) is 5.28 Å². The normalized spacial score (nSPS) is 10.4. The Morgan fingerprint density at radius 3 is 2.67 bits per heavy atom. The summed E-state index contributed by atoms with van der Waals surface area (Å²) in [5.41, 5.74) is 1.05. The Morgan fingerprint density at radius 2 is 2.00 bits per heavy atom. The predicted molar refractivity (Wildman–Crippen MR) is 73.2 cm³/mol. The minimum atomic E-state index is -0.487. The standard InChI is InChI=1S/C12H10BrClFN3/c1-18(7-8-2-4-9(13)5-3-8)11-10(15)6-16-12(14)17-11/h2-6H,7H2,1H3. The minimum Gasteiger partial charge on any atom is -0.353 e. The van der Waals surface area contributed by atoms with Gasteiger partial charge < -0.3 is 4.90 Å². The molecule has 0 fully saturated rings. The first-order valence-corrected chi connectivity index (χ1v) is 6.37. The summed E-state index contributed by atoms with van der Waals surface area (Å²) in [5, 5.41) is 0.0362. The van der Waals surface area contributed by atoms with Crippen molar-refractivity contribution < 1.29 is 4.39 Å². The number of aromatic nitrogens is 2. The second-order valence-corrected chi connectivity index (χ2v) is 5.05. The van der Waals surface area contributed by atoms with Crippen LogP contribution in [-0.2, 0) is 6.54 Å². The molecule has 6 heteroatoms. The molecule has 0 aliphatic heterocycles. The molecule has 0 atom stereocenters. The van der Waals surface area contributed by atoms with Crippen molar-refractivity contribution in [2.75, 3.05) is 11.9 Å². The molecule has 0 unspecified atom stereocenters. The van der Waals surface area contributed by atoms with E-state index in [0.29, 0.717) is 6.54 Å². The van der Waals surface area contributed by atoms with Gasteiger partial charge >= 0.3 is 0 Å². The molecule has 1 heterocycles. The van der Waals surface area contributed by atoms with Crippen LogP contribution in [0.15, 0.2) is 34.9 Å². The van der Waals surface area contributed by atoms with Crippen molar-refractivity contribution in [2.45, 2.75) is 6.54 Å². The fourth-order valence-corrected chi connectivity index (χ4v) is 1.94. The molecule has 1 aromatic heterocycles. The molecule has 0 amide bonds. The van der Waals surface area contributed by atoms with Crippen molar-refractivity contribution >= 4 is 33.3 Å². The number of anilines is 1. The summed E-state index contributed by atoms with van der Waals surface area (Å²) in [4.78, 5) is 9.16. The molecule has 0 spiro atoms. The lowest BCUT2D eigenvalue weighted by Crippen LogP contribution is -2.19. The number of nitrogens with zero attached hydrogens (tertiary/aromatic N) is 3. The maximum atomic E-state index is 13.6. The minimum absolute atomic E-state index is 0.0362. The monoisotopic (exact) mass is 329 g/mol. The molecule has 3 nitrogen and oxygen atoms in total. The van der Waals surface area contributed by atoms with E-state index < -0.39 is 5.82 Å². The van der Waals surface area contributed by atoms with Crippen LogP contribution in [-0.4, -0.2) is 17.0 Å². The average molecular weight is 331 g/mol. The zero-order chi connectivity index (χ0) is 13.1. The van der Waals surface area contributed by atoms with E-state index in [2.05, 4.69) is 25.9 Å². The maximum Gasteiger partial charge on any atom is 0.224 e. The van der Waals surface area contributed by atoms with Crippen LogP contribution < -0.4 is 4.90 Å². The summed E-state index contributed by atoms with van der Waals surface area (Å²) < 4.78 is 14.6. The first-order valence-electron chi connectivity index (χ1n) is 5.20. The van der Waals surface area contributed by atoms with E-state index in [-0.39, 0.29) is 11.1 Å². The quantitative estimate of drug-likeness (QED) is 0.804. The van der Waals surface area contributed by atoms with Crippen molar-refractivity contribution in [2.24, 2.45) is 0 Å². The van der Waals surface area contributed by atoms with Crippen molar-refractivity contribution in [3.63, 3.8) is 0 Å². The first kappa shape index (κ1) is 13.2. The van der Waals surface area contributed by atoms with Gasteiger partial charge in [-0.1, -0.05) is 28.1 Å². The van der Waals surface area contributed by atoms with E-state index in [1.54, 1.807) is 11.9 Å². The Morgan fingerprint density at radius 1 is 1.33 bits per heavy atom. The Balaban J connectivity index is 2.18. The number of benzene rings is 1. The van der Waals surface area contributed by atoms with Gasteiger partial charge in [-0.05, 0) is 29.3 Å². The largest absolute Gasteiger partial charge is 0.353 e. The zero-order valence-corrected chi connectivity index (χ0v) is 11.9. The van der Waals surface area contributed by atoms with Crippen LogP contribution in [0.1, 0.15) is 5.56 Å². The molecule has 1 aromatic carbocycles. The van der Waals surface area contributed by atoms with Crippen LogP contribution in [0.25, 0.3) is 0 Å². The lowest BCUT2D eigenvalue weighted by molar-refractivity contribution is 0.607. The van der Waals surface area contributed by atoms with E-state index >= 15 is 0 Å². The fourth-order valence-electron chi connectivity index (χ4n) is 1.54. The van der Waals surface area contributed by atoms with Gasteiger partial charge in [0.2, 0.25) is 5.28 Å². The van der Waals surface area contributed by atoms with Crippen LogP contribution in [0.4, 0.5) is 10.2 Å². The second-order valence-electron chi connectivity index (χ2n) is 3.79. The maximum absolute atomic E-state index is 13.6. The number of hydrogen-bond acceptors (Lipinski definition) is 3. The highest BCUT2D eigenvalue weighted by Gasteiger charge is 2.11. The van der Waals surface area contributed by atoms with Crippen molar-refractivity contribution in [1.82, 2.24) is 9.97 Å². The lowest BCUT2D eigenvalue weighted by Gasteiger charge is -2.18. The SMILES string of the molecule is CN(Cc1ccc(Br)cc1)c1nc(Cl)ncc1F. The third kappa shape index (κ3) is 3.17.